The van der Waals surface area contributed by atoms with Gasteiger partial charge in [-0.05, 0) is 29.7 Å². The second-order valence-electron chi connectivity index (χ2n) is 7.39. The molecule has 0 unspecified atom stereocenters. The van der Waals surface area contributed by atoms with Crippen LogP contribution in [0.4, 0.5) is 0 Å². The van der Waals surface area contributed by atoms with Crippen LogP contribution in [0.5, 0.6) is 0 Å². The number of nitrogens with one attached hydrogen (secondary N) is 2. The van der Waals surface area contributed by atoms with Gasteiger partial charge in [-0.3, -0.25) is 4.79 Å². The predicted molar refractivity (Wildman–Crippen MR) is 108 cm³/mol. The molecule has 0 aliphatic carbocycles. The number of hydrogen-bond acceptors (Lipinski definition) is 2. The van der Waals surface area contributed by atoms with Gasteiger partial charge in [-0.25, -0.2) is 4.98 Å². The van der Waals surface area contributed by atoms with E-state index in [1.165, 1.54) is 0 Å². The van der Waals surface area contributed by atoms with E-state index in [1.54, 1.807) is 0 Å². The lowest BCUT2D eigenvalue weighted by molar-refractivity contribution is -0.121. The molecule has 0 spiro atoms. The molecule has 2 aromatic heterocycles. The van der Waals surface area contributed by atoms with E-state index in [1.807, 2.05) is 49.6 Å². The van der Waals surface area contributed by atoms with Crippen LogP contribution < -0.4 is 5.32 Å². The number of fused-ring (bicyclic) bond motifs is 2. The summed E-state index contributed by atoms with van der Waals surface area (Å²) in [6.45, 7) is 4.19. The quantitative estimate of drug-likeness (QED) is 0.562. The SMILES string of the molecule is CC(C)[C@@H](NC(=O)Cc1cn(C)c2ccccc12)c1nc2ccccc2[nH]1. The number of aromatic nitrogens is 3. The lowest BCUT2D eigenvalue weighted by atomic mass is 10.0. The molecule has 27 heavy (non-hydrogen) atoms. The number of nitrogens with zero attached hydrogens (tertiary/aromatic N) is 2. The minimum absolute atomic E-state index is 0.00510. The Morgan fingerprint density at radius 2 is 1.89 bits per heavy atom. The maximum atomic E-state index is 12.8. The van der Waals surface area contributed by atoms with Crippen molar-refractivity contribution in [3.8, 4) is 0 Å². The highest BCUT2D eigenvalue weighted by Crippen LogP contribution is 2.24. The summed E-state index contributed by atoms with van der Waals surface area (Å²) >= 11 is 0. The molecule has 2 N–H and O–H groups in total. The molecule has 138 valence electrons. The third-order valence-electron chi connectivity index (χ3n) is 5.02. The van der Waals surface area contributed by atoms with Crippen molar-refractivity contribution < 1.29 is 4.79 Å². The molecule has 0 saturated carbocycles. The Labute approximate surface area is 158 Å². The van der Waals surface area contributed by atoms with Gasteiger partial charge in [-0.2, -0.15) is 0 Å². The van der Waals surface area contributed by atoms with Crippen molar-refractivity contribution in [3.05, 3.63) is 66.1 Å². The van der Waals surface area contributed by atoms with Gasteiger partial charge in [-0.1, -0.05) is 44.2 Å². The van der Waals surface area contributed by atoms with Crippen molar-refractivity contribution in [2.24, 2.45) is 13.0 Å². The van der Waals surface area contributed by atoms with Gasteiger partial charge in [0.25, 0.3) is 0 Å². The van der Waals surface area contributed by atoms with Crippen LogP contribution in [0.1, 0.15) is 31.3 Å². The summed E-state index contributed by atoms with van der Waals surface area (Å²) in [5.41, 5.74) is 4.08. The van der Waals surface area contributed by atoms with Crippen LogP contribution >= 0.6 is 0 Å². The summed E-state index contributed by atoms with van der Waals surface area (Å²) < 4.78 is 2.07. The molecular weight excluding hydrogens is 336 g/mol. The molecule has 5 heteroatoms. The molecular formula is C22H24N4O. The molecule has 0 saturated heterocycles. The summed E-state index contributed by atoms with van der Waals surface area (Å²) in [6.07, 6.45) is 2.39. The number of hydrogen-bond donors (Lipinski definition) is 2. The van der Waals surface area contributed by atoms with Crippen LogP contribution in [0.25, 0.3) is 21.9 Å². The lowest BCUT2D eigenvalue weighted by Gasteiger charge is -2.20. The fourth-order valence-electron chi connectivity index (χ4n) is 3.63. The monoisotopic (exact) mass is 360 g/mol. The van der Waals surface area contributed by atoms with Crippen LogP contribution in [0, 0.1) is 5.92 Å². The molecule has 4 rings (SSSR count). The first-order valence-electron chi connectivity index (χ1n) is 9.30. The number of aryl methyl sites for hydroxylation is 1. The van der Waals surface area contributed by atoms with Gasteiger partial charge in [0.15, 0.2) is 0 Å². The first-order valence-corrected chi connectivity index (χ1v) is 9.30. The maximum absolute atomic E-state index is 12.8. The molecule has 0 aliphatic rings. The number of imidazole rings is 1. The minimum Gasteiger partial charge on any atom is -0.350 e. The first kappa shape index (κ1) is 17.3. The standard InChI is InChI=1S/C22H24N4O/c1-14(2)21(22-23-17-9-5-6-10-18(17)24-22)25-20(27)12-15-13-26(3)19-11-7-4-8-16(15)19/h4-11,13-14,21H,12H2,1-3H3,(H,23,24)(H,25,27)/t21-/m1/s1. The molecule has 1 atom stereocenters. The first-order chi connectivity index (χ1) is 13.0. The van der Waals surface area contributed by atoms with E-state index in [-0.39, 0.29) is 17.9 Å². The Bertz CT molecular complexity index is 1070. The Hall–Kier alpha value is -3.08. The average molecular weight is 360 g/mol. The van der Waals surface area contributed by atoms with Crippen molar-refractivity contribution >= 4 is 27.8 Å². The van der Waals surface area contributed by atoms with Crippen molar-refractivity contribution in [2.45, 2.75) is 26.3 Å². The summed E-state index contributed by atoms with van der Waals surface area (Å²) in [7, 11) is 2.01. The Balaban J connectivity index is 1.57. The normalized spacial score (nSPS) is 12.7. The number of carbonyl (C=O) groups is 1. The summed E-state index contributed by atoms with van der Waals surface area (Å²) in [4.78, 5) is 20.8. The van der Waals surface area contributed by atoms with Crippen molar-refractivity contribution in [3.63, 3.8) is 0 Å². The number of rotatable bonds is 5. The van der Waals surface area contributed by atoms with E-state index in [0.29, 0.717) is 6.42 Å². The Morgan fingerprint density at radius 1 is 1.15 bits per heavy atom. The van der Waals surface area contributed by atoms with Crippen LogP contribution in [-0.2, 0) is 18.3 Å². The maximum Gasteiger partial charge on any atom is 0.225 e. The fraction of sp³-hybridized carbons (Fsp3) is 0.273. The second-order valence-corrected chi connectivity index (χ2v) is 7.39. The largest absolute Gasteiger partial charge is 0.350 e. The van der Waals surface area contributed by atoms with Crippen LogP contribution in [0.3, 0.4) is 0 Å². The van der Waals surface area contributed by atoms with Gasteiger partial charge < -0.3 is 14.9 Å². The van der Waals surface area contributed by atoms with E-state index in [0.717, 1.165) is 33.3 Å². The zero-order valence-electron chi connectivity index (χ0n) is 15.9. The smallest absolute Gasteiger partial charge is 0.225 e. The van der Waals surface area contributed by atoms with E-state index >= 15 is 0 Å². The highest BCUT2D eigenvalue weighted by Gasteiger charge is 2.22. The van der Waals surface area contributed by atoms with Crippen LogP contribution in [-0.4, -0.2) is 20.4 Å². The summed E-state index contributed by atoms with van der Waals surface area (Å²) in [5.74, 6) is 1.03. The van der Waals surface area contributed by atoms with Gasteiger partial charge >= 0.3 is 0 Å². The van der Waals surface area contributed by atoms with E-state index < -0.39 is 0 Å². The zero-order valence-corrected chi connectivity index (χ0v) is 15.9. The molecule has 0 aliphatic heterocycles. The number of carbonyl (C=O) groups excluding carboxylic acids is 1. The Kier molecular flexibility index (Phi) is 4.44. The molecule has 2 aromatic carbocycles. The molecule has 0 radical (unpaired) electrons. The number of H-pyrrole nitrogens is 1. The number of para-hydroxylation sites is 3. The van der Waals surface area contributed by atoms with E-state index in [4.69, 9.17) is 0 Å². The highest BCUT2D eigenvalue weighted by molar-refractivity contribution is 5.89. The van der Waals surface area contributed by atoms with E-state index in [2.05, 4.69) is 45.8 Å². The van der Waals surface area contributed by atoms with Gasteiger partial charge in [0, 0.05) is 24.1 Å². The van der Waals surface area contributed by atoms with Crippen molar-refractivity contribution in [1.29, 1.82) is 0 Å². The Morgan fingerprint density at radius 3 is 2.67 bits per heavy atom. The third kappa shape index (κ3) is 3.33. The van der Waals surface area contributed by atoms with Gasteiger partial charge in [-0.15, -0.1) is 0 Å². The molecule has 0 bridgehead atoms. The van der Waals surface area contributed by atoms with Crippen LogP contribution in [0.2, 0.25) is 0 Å². The molecule has 5 nitrogen and oxygen atoms in total. The molecule has 1 amide bonds. The fourth-order valence-corrected chi connectivity index (χ4v) is 3.63. The minimum atomic E-state index is -0.153. The lowest BCUT2D eigenvalue weighted by Crippen LogP contribution is -2.33. The van der Waals surface area contributed by atoms with Gasteiger partial charge in [0.1, 0.15) is 5.82 Å². The molecule has 4 aromatic rings. The number of amides is 1. The van der Waals surface area contributed by atoms with Crippen molar-refractivity contribution in [2.75, 3.05) is 0 Å². The van der Waals surface area contributed by atoms with Gasteiger partial charge in [0.05, 0.1) is 23.5 Å². The highest BCUT2D eigenvalue weighted by atomic mass is 16.1. The number of benzene rings is 2. The van der Waals surface area contributed by atoms with E-state index in [9.17, 15) is 4.79 Å². The van der Waals surface area contributed by atoms with Crippen molar-refractivity contribution in [1.82, 2.24) is 19.9 Å². The zero-order chi connectivity index (χ0) is 19.0. The molecule has 0 fully saturated rings. The summed E-state index contributed by atoms with van der Waals surface area (Å²) in [5, 5.41) is 4.30. The summed E-state index contributed by atoms with van der Waals surface area (Å²) in [6, 6.07) is 15.9. The number of aromatic amines is 1. The van der Waals surface area contributed by atoms with Gasteiger partial charge in [0.2, 0.25) is 5.91 Å². The molecule has 2 heterocycles. The predicted octanol–water partition coefficient (Wildman–Crippen LogP) is 4.11. The average Bonchev–Trinajstić information content (AvgIpc) is 3.21. The second kappa shape index (κ2) is 6.91. The topological polar surface area (TPSA) is 62.7 Å². The van der Waals surface area contributed by atoms with Crippen LogP contribution in [0.15, 0.2) is 54.7 Å². The third-order valence-corrected chi connectivity index (χ3v) is 5.02.